The van der Waals surface area contributed by atoms with Crippen LogP contribution >= 0.6 is 0 Å². The van der Waals surface area contributed by atoms with Crippen LogP contribution < -0.4 is 5.32 Å². The van der Waals surface area contributed by atoms with E-state index < -0.39 is 11.9 Å². The Morgan fingerprint density at radius 3 is 2.47 bits per heavy atom. The van der Waals surface area contributed by atoms with E-state index in [4.69, 9.17) is 5.11 Å². The van der Waals surface area contributed by atoms with Gasteiger partial charge in [0, 0.05) is 6.54 Å². The fourth-order valence-corrected chi connectivity index (χ4v) is 2.07. The van der Waals surface area contributed by atoms with E-state index in [1.807, 2.05) is 0 Å². The predicted molar refractivity (Wildman–Crippen MR) is 54.2 cm³/mol. The molecule has 0 heterocycles. The molecule has 2 N–H and O–H groups in total. The van der Waals surface area contributed by atoms with Gasteiger partial charge in [0.2, 0.25) is 5.91 Å². The summed E-state index contributed by atoms with van der Waals surface area (Å²) in [7, 11) is 0. The summed E-state index contributed by atoms with van der Waals surface area (Å²) < 4.78 is 0. The van der Waals surface area contributed by atoms with E-state index in [1.54, 1.807) is 0 Å². The van der Waals surface area contributed by atoms with Gasteiger partial charge in [0.1, 0.15) is 0 Å². The molecule has 4 nitrogen and oxygen atoms in total. The van der Waals surface area contributed by atoms with Crippen LogP contribution in [0, 0.1) is 17.8 Å². The Hall–Kier alpha value is -1.06. The molecule has 2 atom stereocenters. The number of nitrogens with one attached hydrogen (secondary N) is 1. The molecule has 0 aromatic rings. The number of aliphatic carboxylic acids is 1. The summed E-state index contributed by atoms with van der Waals surface area (Å²) in [5.41, 5.74) is 0. The summed E-state index contributed by atoms with van der Waals surface area (Å²) in [5.74, 6) is -0.798. The van der Waals surface area contributed by atoms with Crippen molar-refractivity contribution < 1.29 is 14.7 Å². The lowest BCUT2D eigenvalue weighted by molar-refractivity contribution is -0.140. The molecule has 2 aliphatic rings. The zero-order valence-corrected chi connectivity index (χ0v) is 8.74. The van der Waals surface area contributed by atoms with Gasteiger partial charge in [0.15, 0.2) is 0 Å². The minimum absolute atomic E-state index is 0.0678. The number of carboxylic acid groups (broad SMARTS) is 1. The third-order valence-corrected chi connectivity index (χ3v) is 3.52. The molecule has 15 heavy (non-hydrogen) atoms. The van der Waals surface area contributed by atoms with Crippen molar-refractivity contribution in [3.8, 4) is 0 Å². The summed E-state index contributed by atoms with van der Waals surface area (Å²) in [6.07, 6.45) is 5.47. The normalized spacial score (nSPS) is 29.3. The molecular weight excluding hydrogens is 194 g/mol. The van der Waals surface area contributed by atoms with Crippen LogP contribution in [0.25, 0.3) is 0 Å². The van der Waals surface area contributed by atoms with Crippen LogP contribution in [0.4, 0.5) is 0 Å². The molecule has 0 spiro atoms. The van der Waals surface area contributed by atoms with Crippen LogP contribution in [0.2, 0.25) is 0 Å². The van der Waals surface area contributed by atoms with Crippen LogP contribution in [-0.4, -0.2) is 23.5 Å². The molecule has 1 amide bonds. The van der Waals surface area contributed by atoms with Crippen molar-refractivity contribution in [3.05, 3.63) is 0 Å². The van der Waals surface area contributed by atoms with Gasteiger partial charge in [-0.25, -0.2) is 0 Å². The van der Waals surface area contributed by atoms with Crippen LogP contribution in [-0.2, 0) is 9.59 Å². The zero-order chi connectivity index (χ0) is 10.8. The van der Waals surface area contributed by atoms with Crippen molar-refractivity contribution >= 4 is 11.9 Å². The molecule has 0 aromatic heterocycles. The van der Waals surface area contributed by atoms with Gasteiger partial charge >= 0.3 is 5.97 Å². The first-order valence-corrected chi connectivity index (χ1v) is 5.69. The number of carboxylic acids is 1. The van der Waals surface area contributed by atoms with Gasteiger partial charge in [0.25, 0.3) is 0 Å². The van der Waals surface area contributed by atoms with Gasteiger partial charge in [0.05, 0.1) is 11.8 Å². The summed E-state index contributed by atoms with van der Waals surface area (Å²) in [6.45, 7) is 0.715. The molecular formula is C11H17NO3. The molecule has 2 aliphatic carbocycles. The van der Waals surface area contributed by atoms with Crippen LogP contribution in [0.3, 0.4) is 0 Å². The standard InChI is InChI=1S/C11H17NO3/c13-10(8-6-9(8)11(14)15)12-5-4-7-2-1-3-7/h7-9H,1-6H2,(H,12,13)(H,14,15)/t8-,9+/m1/s1. The van der Waals surface area contributed by atoms with Crippen molar-refractivity contribution in [2.45, 2.75) is 32.1 Å². The first kappa shape index (κ1) is 10.5. The summed E-state index contributed by atoms with van der Waals surface area (Å²) in [5, 5.41) is 11.5. The van der Waals surface area contributed by atoms with E-state index in [9.17, 15) is 9.59 Å². The van der Waals surface area contributed by atoms with E-state index in [-0.39, 0.29) is 11.8 Å². The average molecular weight is 211 g/mol. The zero-order valence-electron chi connectivity index (χ0n) is 8.74. The lowest BCUT2D eigenvalue weighted by atomic mass is 9.83. The fraction of sp³-hybridized carbons (Fsp3) is 0.818. The largest absolute Gasteiger partial charge is 0.481 e. The molecule has 0 aromatic carbocycles. The van der Waals surface area contributed by atoms with E-state index in [1.165, 1.54) is 19.3 Å². The van der Waals surface area contributed by atoms with Crippen LogP contribution in [0.1, 0.15) is 32.1 Å². The Labute approximate surface area is 89.0 Å². The minimum atomic E-state index is -0.839. The smallest absolute Gasteiger partial charge is 0.307 e. The lowest BCUT2D eigenvalue weighted by Crippen LogP contribution is -2.29. The van der Waals surface area contributed by atoms with Crippen LogP contribution in [0.5, 0.6) is 0 Å². The quantitative estimate of drug-likeness (QED) is 0.713. The highest BCUT2D eigenvalue weighted by Crippen LogP contribution is 2.38. The second kappa shape index (κ2) is 4.21. The second-order valence-electron chi connectivity index (χ2n) is 4.66. The Bertz CT molecular complexity index is 273. The molecule has 0 aliphatic heterocycles. The first-order chi connectivity index (χ1) is 7.18. The maximum atomic E-state index is 11.4. The Balaban J connectivity index is 1.59. The maximum Gasteiger partial charge on any atom is 0.307 e. The fourth-order valence-electron chi connectivity index (χ4n) is 2.07. The van der Waals surface area contributed by atoms with Gasteiger partial charge in [-0.3, -0.25) is 9.59 Å². The Morgan fingerprint density at radius 1 is 1.27 bits per heavy atom. The summed E-state index contributed by atoms with van der Waals surface area (Å²) in [4.78, 5) is 22.0. The van der Waals surface area contributed by atoms with E-state index in [0.29, 0.717) is 13.0 Å². The van der Waals surface area contributed by atoms with E-state index in [0.717, 1.165) is 12.3 Å². The highest BCUT2D eigenvalue weighted by molar-refractivity contribution is 5.89. The highest BCUT2D eigenvalue weighted by Gasteiger charge is 2.48. The molecule has 0 saturated heterocycles. The monoisotopic (exact) mass is 211 g/mol. The molecule has 84 valence electrons. The lowest BCUT2D eigenvalue weighted by Gasteiger charge is -2.25. The van der Waals surface area contributed by atoms with Crippen LogP contribution in [0.15, 0.2) is 0 Å². The first-order valence-electron chi connectivity index (χ1n) is 5.69. The molecule has 2 rings (SSSR count). The summed E-state index contributed by atoms with van der Waals surface area (Å²) in [6, 6.07) is 0. The molecule has 4 heteroatoms. The number of amides is 1. The number of rotatable bonds is 5. The number of carbonyl (C=O) groups is 2. The highest BCUT2D eigenvalue weighted by atomic mass is 16.4. The molecule has 0 bridgehead atoms. The van der Waals surface area contributed by atoms with Gasteiger partial charge in [-0.1, -0.05) is 19.3 Å². The average Bonchev–Trinajstić information content (AvgIpc) is 2.87. The minimum Gasteiger partial charge on any atom is -0.481 e. The van der Waals surface area contributed by atoms with Gasteiger partial charge in [-0.05, 0) is 18.8 Å². The molecule has 2 saturated carbocycles. The SMILES string of the molecule is O=C(O)[C@H]1C[C@H]1C(=O)NCCC1CCC1. The van der Waals surface area contributed by atoms with E-state index in [2.05, 4.69) is 5.32 Å². The molecule has 0 radical (unpaired) electrons. The van der Waals surface area contributed by atoms with Crippen molar-refractivity contribution in [1.82, 2.24) is 5.32 Å². The molecule has 0 unspecified atom stereocenters. The third-order valence-electron chi connectivity index (χ3n) is 3.52. The van der Waals surface area contributed by atoms with Crippen molar-refractivity contribution in [2.24, 2.45) is 17.8 Å². The van der Waals surface area contributed by atoms with Gasteiger partial charge in [-0.15, -0.1) is 0 Å². The van der Waals surface area contributed by atoms with E-state index >= 15 is 0 Å². The molecule has 2 fully saturated rings. The maximum absolute atomic E-state index is 11.4. The number of hydrogen-bond acceptors (Lipinski definition) is 2. The van der Waals surface area contributed by atoms with Crippen molar-refractivity contribution in [3.63, 3.8) is 0 Å². The topological polar surface area (TPSA) is 66.4 Å². The predicted octanol–water partition coefficient (Wildman–Crippen LogP) is 1.01. The number of hydrogen-bond donors (Lipinski definition) is 2. The van der Waals surface area contributed by atoms with Crippen molar-refractivity contribution in [1.29, 1.82) is 0 Å². The summed E-state index contributed by atoms with van der Waals surface area (Å²) >= 11 is 0. The van der Waals surface area contributed by atoms with Gasteiger partial charge in [-0.2, -0.15) is 0 Å². The van der Waals surface area contributed by atoms with Gasteiger partial charge < -0.3 is 10.4 Å². The second-order valence-corrected chi connectivity index (χ2v) is 4.66. The Kier molecular flexibility index (Phi) is 2.93. The number of carbonyl (C=O) groups excluding carboxylic acids is 1. The van der Waals surface area contributed by atoms with Crippen molar-refractivity contribution in [2.75, 3.05) is 6.54 Å². The Morgan fingerprint density at radius 2 is 2.00 bits per heavy atom. The third kappa shape index (κ3) is 2.49.